The molecule has 0 unspecified atom stereocenters. The molecule has 0 fully saturated rings. The SMILES string of the molecule is CCn1ccc2c(Nc3cc(C)[nH]n3)nc(S(=O)(=O)c3ccc(F)cc3)nc21. The third kappa shape index (κ3) is 3.11. The monoisotopic (exact) mass is 400 g/mol. The van der Waals surface area contributed by atoms with E-state index in [0.717, 1.165) is 17.8 Å². The number of benzene rings is 1. The van der Waals surface area contributed by atoms with Crippen molar-refractivity contribution in [3.8, 4) is 0 Å². The van der Waals surface area contributed by atoms with Gasteiger partial charge in [-0.25, -0.2) is 12.8 Å². The van der Waals surface area contributed by atoms with Crippen LogP contribution in [0.15, 0.2) is 52.6 Å². The molecule has 0 spiro atoms. The molecule has 0 radical (unpaired) electrons. The van der Waals surface area contributed by atoms with E-state index in [1.165, 1.54) is 12.1 Å². The van der Waals surface area contributed by atoms with Crippen LogP contribution in [0.1, 0.15) is 12.6 Å². The van der Waals surface area contributed by atoms with Gasteiger partial charge in [0, 0.05) is 24.5 Å². The summed E-state index contributed by atoms with van der Waals surface area (Å²) in [7, 11) is -4.03. The Bertz CT molecular complexity index is 1260. The molecule has 0 aliphatic carbocycles. The number of sulfone groups is 1. The minimum atomic E-state index is -4.03. The van der Waals surface area contributed by atoms with Gasteiger partial charge in [-0.1, -0.05) is 0 Å². The van der Waals surface area contributed by atoms with Crippen LogP contribution >= 0.6 is 0 Å². The Morgan fingerprint density at radius 2 is 1.93 bits per heavy atom. The lowest BCUT2D eigenvalue weighted by atomic mass is 10.3. The van der Waals surface area contributed by atoms with Crippen molar-refractivity contribution in [3.63, 3.8) is 0 Å². The van der Waals surface area contributed by atoms with Crippen molar-refractivity contribution in [3.05, 3.63) is 54.1 Å². The molecule has 28 heavy (non-hydrogen) atoms. The molecule has 4 rings (SSSR count). The lowest BCUT2D eigenvalue weighted by Crippen LogP contribution is -2.10. The van der Waals surface area contributed by atoms with E-state index in [1.807, 2.05) is 30.7 Å². The molecule has 1 aromatic carbocycles. The highest BCUT2D eigenvalue weighted by atomic mass is 32.2. The quantitative estimate of drug-likeness (QED) is 0.394. The summed E-state index contributed by atoms with van der Waals surface area (Å²) in [6.07, 6.45) is 1.81. The van der Waals surface area contributed by atoms with Crippen molar-refractivity contribution in [2.24, 2.45) is 0 Å². The van der Waals surface area contributed by atoms with Crippen LogP contribution in [0.2, 0.25) is 0 Å². The summed E-state index contributed by atoms with van der Waals surface area (Å²) in [5, 5.41) is 10.3. The van der Waals surface area contributed by atoms with E-state index in [-0.39, 0.29) is 10.1 Å². The molecule has 0 amide bonds. The number of anilines is 2. The first-order valence-electron chi connectivity index (χ1n) is 8.55. The van der Waals surface area contributed by atoms with Gasteiger partial charge in [0.05, 0.1) is 10.3 Å². The number of nitrogens with one attached hydrogen (secondary N) is 2. The highest BCUT2D eigenvalue weighted by molar-refractivity contribution is 7.91. The van der Waals surface area contributed by atoms with E-state index in [1.54, 1.807) is 6.07 Å². The smallest absolute Gasteiger partial charge is 0.256 e. The molecule has 144 valence electrons. The Morgan fingerprint density at radius 1 is 1.18 bits per heavy atom. The van der Waals surface area contributed by atoms with Gasteiger partial charge in [-0.2, -0.15) is 15.1 Å². The molecular weight excluding hydrogens is 383 g/mol. The maximum atomic E-state index is 13.2. The van der Waals surface area contributed by atoms with Crippen LogP contribution in [0.25, 0.3) is 11.0 Å². The maximum absolute atomic E-state index is 13.2. The van der Waals surface area contributed by atoms with E-state index in [0.29, 0.717) is 29.2 Å². The molecule has 0 saturated heterocycles. The van der Waals surface area contributed by atoms with Crippen LogP contribution in [-0.4, -0.2) is 33.2 Å². The van der Waals surface area contributed by atoms with Gasteiger partial charge >= 0.3 is 0 Å². The van der Waals surface area contributed by atoms with Crippen LogP contribution in [-0.2, 0) is 16.4 Å². The normalized spacial score (nSPS) is 11.8. The molecule has 10 heteroatoms. The van der Waals surface area contributed by atoms with Gasteiger partial charge in [0.15, 0.2) is 5.82 Å². The third-order valence-electron chi connectivity index (χ3n) is 4.26. The first kappa shape index (κ1) is 18.1. The summed E-state index contributed by atoms with van der Waals surface area (Å²) >= 11 is 0. The van der Waals surface area contributed by atoms with Gasteiger partial charge in [0.1, 0.15) is 17.3 Å². The summed E-state index contributed by atoms with van der Waals surface area (Å²) < 4.78 is 41.0. The molecule has 0 bridgehead atoms. The van der Waals surface area contributed by atoms with E-state index < -0.39 is 15.7 Å². The number of aryl methyl sites for hydroxylation is 2. The number of hydrogen-bond acceptors (Lipinski definition) is 6. The van der Waals surface area contributed by atoms with Crippen LogP contribution in [0.4, 0.5) is 16.0 Å². The highest BCUT2D eigenvalue weighted by Gasteiger charge is 2.24. The molecule has 8 nitrogen and oxygen atoms in total. The van der Waals surface area contributed by atoms with Crippen molar-refractivity contribution in [1.82, 2.24) is 24.7 Å². The van der Waals surface area contributed by atoms with Gasteiger partial charge in [-0.3, -0.25) is 5.10 Å². The van der Waals surface area contributed by atoms with Crippen LogP contribution in [0.3, 0.4) is 0 Å². The molecule has 0 saturated carbocycles. The fourth-order valence-electron chi connectivity index (χ4n) is 2.84. The molecule has 2 N–H and O–H groups in total. The second kappa shape index (κ2) is 6.71. The molecule has 0 aliphatic rings. The van der Waals surface area contributed by atoms with Crippen LogP contribution in [0, 0.1) is 12.7 Å². The van der Waals surface area contributed by atoms with Crippen LogP contribution < -0.4 is 5.32 Å². The Hall–Kier alpha value is -3.27. The van der Waals surface area contributed by atoms with Crippen molar-refractivity contribution in [2.75, 3.05) is 5.32 Å². The van der Waals surface area contributed by atoms with Gasteiger partial charge in [0.25, 0.3) is 5.16 Å². The fraction of sp³-hybridized carbons (Fsp3) is 0.167. The van der Waals surface area contributed by atoms with Crippen molar-refractivity contribution in [2.45, 2.75) is 30.4 Å². The number of H-pyrrole nitrogens is 1. The molecule has 0 atom stereocenters. The molecular formula is C18H17FN6O2S. The summed E-state index contributed by atoms with van der Waals surface area (Å²) in [6, 6.07) is 8.16. The summed E-state index contributed by atoms with van der Waals surface area (Å²) in [4.78, 5) is 8.46. The van der Waals surface area contributed by atoms with Crippen molar-refractivity contribution >= 4 is 32.5 Å². The number of aromatic amines is 1. The van der Waals surface area contributed by atoms with Crippen molar-refractivity contribution in [1.29, 1.82) is 0 Å². The van der Waals surface area contributed by atoms with Gasteiger partial charge in [-0.15, -0.1) is 0 Å². The predicted molar refractivity (Wildman–Crippen MR) is 102 cm³/mol. The minimum absolute atomic E-state index is 0.0792. The summed E-state index contributed by atoms with van der Waals surface area (Å²) in [5.41, 5.74) is 1.33. The predicted octanol–water partition coefficient (Wildman–Crippen LogP) is 3.20. The second-order valence-corrected chi connectivity index (χ2v) is 8.06. The Morgan fingerprint density at radius 3 is 2.57 bits per heavy atom. The molecule has 4 aromatic rings. The Labute approximate surface area is 160 Å². The zero-order chi connectivity index (χ0) is 19.9. The molecule has 0 aliphatic heterocycles. The maximum Gasteiger partial charge on any atom is 0.256 e. The van der Waals surface area contributed by atoms with Gasteiger partial charge in [0.2, 0.25) is 9.84 Å². The van der Waals surface area contributed by atoms with E-state index >= 15 is 0 Å². The zero-order valence-corrected chi connectivity index (χ0v) is 16.0. The highest BCUT2D eigenvalue weighted by Crippen LogP contribution is 2.28. The first-order chi connectivity index (χ1) is 13.4. The number of nitrogens with zero attached hydrogens (tertiary/aromatic N) is 4. The number of rotatable bonds is 5. The van der Waals surface area contributed by atoms with E-state index in [9.17, 15) is 12.8 Å². The van der Waals surface area contributed by atoms with E-state index in [2.05, 4.69) is 25.5 Å². The van der Waals surface area contributed by atoms with Gasteiger partial charge in [-0.05, 0) is 44.2 Å². The number of hydrogen-bond donors (Lipinski definition) is 2. The fourth-order valence-corrected chi connectivity index (χ4v) is 3.96. The summed E-state index contributed by atoms with van der Waals surface area (Å²) in [6.45, 7) is 4.39. The van der Waals surface area contributed by atoms with Crippen LogP contribution in [0.5, 0.6) is 0 Å². The molecule has 3 heterocycles. The lowest BCUT2D eigenvalue weighted by Gasteiger charge is -2.09. The first-order valence-corrected chi connectivity index (χ1v) is 10.0. The molecule has 3 aromatic heterocycles. The largest absolute Gasteiger partial charge is 0.333 e. The topological polar surface area (TPSA) is 106 Å². The number of halogens is 1. The average Bonchev–Trinajstić information content (AvgIpc) is 3.27. The zero-order valence-electron chi connectivity index (χ0n) is 15.1. The standard InChI is InChI=1S/C18H17FN6O2S/c1-3-25-9-8-14-16(20-15-10-11(2)23-24-15)21-18(22-17(14)25)28(26,27)13-6-4-12(19)5-7-13/h4-10H,3H2,1-2H3,(H2,20,21,22,23,24). The Kier molecular flexibility index (Phi) is 4.34. The average molecular weight is 400 g/mol. The third-order valence-corrected chi connectivity index (χ3v) is 5.81. The van der Waals surface area contributed by atoms with Gasteiger partial charge < -0.3 is 9.88 Å². The second-order valence-electron chi connectivity index (χ2n) is 6.21. The van der Waals surface area contributed by atoms with E-state index in [4.69, 9.17) is 0 Å². The lowest BCUT2D eigenvalue weighted by molar-refractivity contribution is 0.586. The summed E-state index contributed by atoms with van der Waals surface area (Å²) in [5.74, 6) is 0.308. The van der Waals surface area contributed by atoms with Crippen molar-refractivity contribution < 1.29 is 12.8 Å². The Balaban J connectivity index is 1.89. The minimum Gasteiger partial charge on any atom is -0.333 e. The number of aromatic nitrogens is 5. The number of fused-ring (bicyclic) bond motifs is 1.